The molecule has 0 rings (SSSR count). The van der Waals surface area contributed by atoms with Gasteiger partial charge in [-0.1, -0.05) is 110 Å². The average Bonchev–Trinajstić information content (AvgIpc) is 2.97. The predicted molar refractivity (Wildman–Crippen MR) is 180 cm³/mol. The van der Waals surface area contributed by atoms with Gasteiger partial charge in [0.1, 0.15) is 12.7 Å². The van der Waals surface area contributed by atoms with E-state index in [1.54, 1.807) is 0 Å². The van der Waals surface area contributed by atoms with Crippen LogP contribution in [0.1, 0.15) is 168 Å². The molecule has 0 atom stereocenters. The Hall–Kier alpha value is -1.07. The van der Waals surface area contributed by atoms with Gasteiger partial charge in [0.15, 0.2) is 0 Å². The fraction of sp³-hybridized carbons (Fsp3) is 0.889. The molecule has 248 valence electrons. The molecule has 42 heavy (non-hydrogen) atoms. The molecule has 0 radical (unpaired) electrons. The standard InChI is InChI=1S/C36H68ClNO4/c1-4-7-10-13-14-17-23-33-41-35(39)27-21-18-22-30-38(32-29-37)31-24-28-36(40)42-34(25-19-15-11-8-5-2)26-20-16-12-9-6-3/h17,23,34H,4-16,18-22,24-33H2,1-3H3/b23-17-. The fourth-order valence-corrected chi connectivity index (χ4v) is 5.47. The quantitative estimate of drug-likeness (QED) is 0.0327. The topological polar surface area (TPSA) is 55.8 Å². The van der Waals surface area contributed by atoms with E-state index in [1.165, 1.54) is 77.0 Å². The molecule has 0 spiro atoms. The van der Waals surface area contributed by atoms with Crippen LogP contribution < -0.4 is 0 Å². The highest BCUT2D eigenvalue weighted by atomic mass is 35.5. The van der Waals surface area contributed by atoms with Gasteiger partial charge in [-0.2, -0.15) is 0 Å². The minimum absolute atomic E-state index is 0.0437. The first kappa shape index (κ1) is 40.9. The number of hydrogen-bond donors (Lipinski definition) is 0. The van der Waals surface area contributed by atoms with Crippen LogP contribution in [0, 0.1) is 0 Å². The van der Waals surface area contributed by atoms with E-state index in [2.05, 4.69) is 31.7 Å². The van der Waals surface area contributed by atoms with Crippen molar-refractivity contribution in [3.05, 3.63) is 12.2 Å². The van der Waals surface area contributed by atoms with E-state index >= 15 is 0 Å². The number of esters is 2. The van der Waals surface area contributed by atoms with Crippen molar-refractivity contribution in [3.63, 3.8) is 0 Å². The highest BCUT2D eigenvalue weighted by molar-refractivity contribution is 6.18. The zero-order chi connectivity index (χ0) is 30.9. The lowest BCUT2D eigenvalue weighted by Crippen LogP contribution is -2.29. The number of halogens is 1. The zero-order valence-corrected chi connectivity index (χ0v) is 28.7. The van der Waals surface area contributed by atoms with Gasteiger partial charge in [0.05, 0.1) is 0 Å². The van der Waals surface area contributed by atoms with Crippen molar-refractivity contribution in [1.82, 2.24) is 4.90 Å². The lowest BCUT2D eigenvalue weighted by atomic mass is 10.0. The summed E-state index contributed by atoms with van der Waals surface area (Å²) in [4.78, 5) is 27.0. The molecule has 0 fully saturated rings. The average molecular weight is 614 g/mol. The Labute approximate surface area is 265 Å². The maximum absolute atomic E-state index is 12.7. The molecule has 0 aromatic heterocycles. The molecule has 0 saturated heterocycles. The molecule has 0 bridgehead atoms. The molecule has 0 saturated carbocycles. The van der Waals surface area contributed by atoms with E-state index in [0.29, 0.717) is 25.3 Å². The highest BCUT2D eigenvalue weighted by Gasteiger charge is 2.15. The molecular weight excluding hydrogens is 546 g/mol. The number of nitrogens with zero attached hydrogens (tertiary/aromatic N) is 1. The van der Waals surface area contributed by atoms with E-state index in [4.69, 9.17) is 21.1 Å². The van der Waals surface area contributed by atoms with Crippen molar-refractivity contribution in [3.8, 4) is 0 Å². The molecule has 0 heterocycles. The molecule has 0 aromatic rings. The van der Waals surface area contributed by atoms with Crippen LogP contribution in [0.15, 0.2) is 12.2 Å². The van der Waals surface area contributed by atoms with Gasteiger partial charge in [0, 0.05) is 25.3 Å². The minimum atomic E-state index is -0.109. The second-order valence-corrected chi connectivity index (χ2v) is 12.3. The SMILES string of the molecule is CCCCCC/C=C\COC(=O)CCCCCN(CCCl)CCCC(=O)OC(CCCCCCC)CCCCCCC. The van der Waals surface area contributed by atoms with Crippen LogP contribution in [-0.2, 0) is 19.1 Å². The summed E-state index contributed by atoms with van der Waals surface area (Å²) >= 11 is 6.05. The second-order valence-electron chi connectivity index (χ2n) is 12.0. The summed E-state index contributed by atoms with van der Waals surface area (Å²) in [7, 11) is 0. The van der Waals surface area contributed by atoms with Crippen LogP contribution in [0.25, 0.3) is 0 Å². The fourth-order valence-electron chi connectivity index (χ4n) is 5.23. The molecule has 0 unspecified atom stereocenters. The predicted octanol–water partition coefficient (Wildman–Crippen LogP) is 10.6. The second kappa shape index (κ2) is 32.8. The Bertz CT molecular complexity index is 614. The number of unbranched alkanes of at least 4 members (excludes halogenated alkanes) is 14. The van der Waals surface area contributed by atoms with Crippen LogP contribution in [-0.4, -0.2) is 55.1 Å². The number of rotatable bonds is 32. The van der Waals surface area contributed by atoms with Gasteiger partial charge in [0.25, 0.3) is 0 Å². The molecule has 0 aliphatic heterocycles. The van der Waals surface area contributed by atoms with E-state index in [1.807, 2.05) is 6.08 Å². The van der Waals surface area contributed by atoms with Gasteiger partial charge in [-0.25, -0.2) is 0 Å². The molecule has 0 aromatic carbocycles. The van der Waals surface area contributed by atoms with Crippen molar-refractivity contribution in [2.45, 2.75) is 175 Å². The van der Waals surface area contributed by atoms with Gasteiger partial charge in [-0.05, 0) is 70.9 Å². The summed E-state index contributed by atoms with van der Waals surface area (Å²) in [5.74, 6) is 0.431. The number of alkyl halides is 1. The molecule has 0 aliphatic rings. The van der Waals surface area contributed by atoms with Crippen LogP contribution in [0.4, 0.5) is 0 Å². The van der Waals surface area contributed by atoms with Crippen molar-refractivity contribution in [1.29, 1.82) is 0 Å². The number of ether oxygens (including phenoxy) is 2. The number of allylic oxidation sites excluding steroid dienone is 1. The third kappa shape index (κ3) is 29.0. The van der Waals surface area contributed by atoms with Gasteiger partial charge >= 0.3 is 11.9 Å². The monoisotopic (exact) mass is 613 g/mol. The van der Waals surface area contributed by atoms with Crippen molar-refractivity contribution in [2.24, 2.45) is 0 Å². The Balaban J connectivity index is 4.16. The minimum Gasteiger partial charge on any atom is -0.462 e. The molecule has 0 N–H and O–H groups in total. The first-order valence-electron chi connectivity index (χ1n) is 17.9. The summed E-state index contributed by atoms with van der Waals surface area (Å²) in [6.07, 6.45) is 29.3. The van der Waals surface area contributed by atoms with Crippen molar-refractivity contribution >= 4 is 23.5 Å². The first-order valence-corrected chi connectivity index (χ1v) is 18.4. The largest absolute Gasteiger partial charge is 0.462 e. The molecule has 0 aliphatic carbocycles. The van der Waals surface area contributed by atoms with Crippen molar-refractivity contribution < 1.29 is 19.1 Å². The number of carbonyl (C=O) groups is 2. The van der Waals surface area contributed by atoms with Gasteiger partial charge in [-0.15, -0.1) is 11.6 Å². The van der Waals surface area contributed by atoms with Gasteiger partial charge in [-0.3, -0.25) is 9.59 Å². The third-order valence-corrected chi connectivity index (χ3v) is 8.07. The van der Waals surface area contributed by atoms with Crippen LogP contribution in [0.3, 0.4) is 0 Å². The molecular formula is C36H68ClNO4. The highest BCUT2D eigenvalue weighted by Crippen LogP contribution is 2.17. The lowest BCUT2D eigenvalue weighted by molar-refractivity contribution is -0.150. The van der Waals surface area contributed by atoms with Crippen LogP contribution >= 0.6 is 11.6 Å². The summed E-state index contributed by atoms with van der Waals surface area (Å²) < 4.78 is 11.3. The smallest absolute Gasteiger partial charge is 0.306 e. The maximum Gasteiger partial charge on any atom is 0.306 e. The number of hydrogen-bond acceptors (Lipinski definition) is 5. The lowest BCUT2D eigenvalue weighted by Gasteiger charge is -2.22. The normalized spacial score (nSPS) is 11.7. The van der Waals surface area contributed by atoms with E-state index < -0.39 is 0 Å². The van der Waals surface area contributed by atoms with Gasteiger partial charge < -0.3 is 14.4 Å². The van der Waals surface area contributed by atoms with Gasteiger partial charge in [0.2, 0.25) is 0 Å². The van der Waals surface area contributed by atoms with E-state index in [9.17, 15) is 9.59 Å². The maximum atomic E-state index is 12.7. The Kier molecular flexibility index (Phi) is 32.0. The van der Waals surface area contributed by atoms with Crippen LogP contribution in [0.5, 0.6) is 0 Å². The summed E-state index contributed by atoms with van der Waals surface area (Å²) in [5, 5.41) is 0. The summed E-state index contributed by atoms with van der Waals surface area (Å²) in [6.45, 7) is 9.70. The summed E-state index contributed by atoms with van der Waals surface area (Å²) in [5.41, 5.74) is 0. The first-order chi connectivity index (χ1) is 20.6. The molecule has 6 heteroatoms. The van der Waals surface area contributed by atoms with Crippen molar-refractivity contribution in [2.75, 3.05) is 32.1 Å². The van der Waals surface area contributed by atoms with Crippen LogP contribution in [0.2, 0.25) is 0 Å². The molecule has 5 nitrogen and oxygen atoms in total. The zero-order valence-electron chi connectivity index (χ0n) is 28.0. The third-order valence-electron chi connectivity index (χ3n) is 7.90. The Morgan fingerprint density at radius 3 is 1.79 bits per heavy atom. The number of carbonyl (C=O) groups excluding carboxylic acids is 2. The Morgan fingerprint density at radius 1 is 0.619 bits per heavy atom. The van der Waals surface area contributed by atoms with E-state index in [-0.39, 0.29) is 18.0 Å². The van der Waals surface area contributed by atoms with E-state index in [0.717, 1.165) is 77.4 Å². The Morgan fingerprint density at radius 2 is 1.17 bits per heavy atom. The molecule has 0 amide bonds. The summed E-state index contributed by atoms with van der Waals surface area (Å²) in [6, 6.07) is 0.